The molecule has 0 spiro atoms. The minimum Gasteiger partial charge on any atom is -0.508 e. The normalized spacial score (nSPS) is 11.3. The van der Waals surface area contributed by atoms with Crippen LogP contribution in [0.15, 0.2) is 53.4 Å². The summed E-state index contributed by atoms with van der Waals surface area (Å²) >= 11 is 0. The lowest BCUT2D eigenvalue weighted by Gasteiger charge is -2.21. The summed E-state index contributed by atoms with van der Waals surface area (Å²) in [5.74, 6) is -0.0701. The summed E-state index contributed by atoms with van der Waals surface area (Å²) in [7, 11) is -2.16. The van der Waals surface area contributed by atoms with Gasteiger partial charge in [0, 0.05) is 13.1 Å². The summed E-state index contributed by atoms with van der Waals surface area (Å²) in [5.41, 5.74) is 1.49. The van der Waals surface area contributed by atoms with Gasteiger partial charge in [-0.3, -0.25) is 4.31 Å². The number of phenols is 1. The highest BCUT2D eigenvalue weighted by Gasteiger charge is 2.22. The molecular weight excluding hydrogens is 262 g/mol. The number of hydrogen-bond donors (Lipinski definition) is 1. The van der Waals surface area contributed by atoms with E-state index in [1.165, 1.54) is 35.6 Å². The lowest BCUT2D eigenvalue weighted by Crippen LogP contribution is -2.27. The molecule has 0 heterocycles. The Morgan fingerprint density at radius 2 is 1.74 bits per heavy atom. The quantitative estimate of drug-likeness (QED) is 0.938. The molecule has 0 radical (unpaired) electrons. The van der Waals surface area contributed by atoms with Crippen LogP contribution < -0.4 is 4.31 Å². The Morgan fingerprint density at radius 1 is 1.05 bits per heavy atom. The van der Waals surface area contributed by atoms with Crippen LogP contribution in [-0.4, -0.2) is 20.6 Å². The van der Waals surface area contributed by atoms with Crippen molar-refractivity contribution in [2.24, 2.45) is 0 Å². The van der Waals surface area contributed by atoms with Gasteiger partial charge in [0.1, 0.15) is 5.75 Å². The number of benzene rings is 2. The molecule has 0 saturated heterocycles. The number of para-hydroxylation sites is 1. The van der Waals surface area contributed by atoms with Crippen LogP contribution in [0.5, 0.6) is 5.75 Å². The molecule has 0 bridgehead atoms. The molecule has 2 aromatic rings. The number of nitrogens with zero attached hydrogens (tertiary/aromatic N) is 1. The van der Waals surface area contributed by atoms with Crippen LogP contribution in [0.1, 0.15) is 5.56 Å². The molecule has 0 aliphatic rings. The van der Waals surface area contributed by atoms with Gasteiger partial charge in [0.15, 0.2) is 0 Å². The number of aromatic hydroxyl groups is 1. The van der Waals surface area contributed by atoms with Gasteiger partial charge in [0.25, 0.3) is 10.0 Å². The summed E-state index contributed by atoms with van der Waals surface area (Å²) in [6.07, 6.45) is 0. The molecule has 4 nitrogen and oxygen atoms in total. The van der Waals surface area contributed by atoms with Crippen molar-refractivity contribution < 1.29 is 13.5 Å². The van der Waals surface area contributed by atoms with E-state index in [9.17, 15) is 13.5 Å². The van der Waals surface area contributed by atoms with Gasteiger partial charge in [0.05, 0.1) is 10.6 Å². The van der Waals surface area contributed by atoms with Crippen molar-refractivity contribution in [1.82, 2.24) is 0 Å². The lowest BCUT2D eigenvalue weighted by atomic mass is 10.2. The Hall–Kier alpha value is -2.01. The Kier molecular flexibility index (Phi) is 3.48. The van der Waals surface area contributed by atoms with Crippen LogP contribution in [0.25, 0.3) is 0 Å². The van der Waals surface area contributed by atoms with Crippen LogP contribution in [0.4, 0.5) is 5.69 Å². The third-order valence-electron chi connectivity index (χ3n) is 2.93. The molecule has 0 saturated carbocycles. The van der Waals surface area contributed by atoms with Gasteiger partial charge < -0.3 is 5.11 Å². The lowest BCUT2D eigenvalue weighted by molar-refractivity contribution is 0.473. The fourth-order valence-corrected chi connectivity index (χ4v) is 3.15. The molecule has 2 aromatic carbocycles. The second-order valence-corrected chi connectivity index (χ2v) is 6.23. The Balaban J connectivity index is 2.49. The molecule has 0 amide bonds. The zero-order valence-corrected chi connectivity index (χ0v) is 11.6. The molecule has 2 rings (SSSR count). The van der Waals surface area contributed by atoms with Crippen molar-refractivity contribution in [3.8, 4) is 5.75 Å². The van der Waals surface area contributed by atoms with Gasteiger partial charge in [0.2, 0.25) is 0 Å². The minimum absolute atomic E-state index is 0.0678. The van der Waals surface area contributed by atoms with Crippen molar-refractivity contribution in [2.45, 2.75) is 11.8 Å². The first-order valence-electron chi connectivity index (χ1n) is 5.76. The smallest absolute Gasteiger partial charge is 0.264 e. The number of sulfonamides is 1. The highest BCUT2D eigenvalue weighted by Crippen LogP contribution is 2.26. The van der Waals surface area contributed by atoms with Gasteiger partial charge >= 0.3 is 0 Å². The average molecular weight is 277 g/mol. The van der Waals surface area contributed by atoms with Gasteiger partial charge in [-0.05, 0) is 30.7 Å². The number of aryl methyl sites for hydroxylation is 1. The molecule has 0 aliphatic carbocycles. The van der Waals surface area contributed by atoms with Gasteiger partial charge in [-0.2, -0.15) is 0 Å². The van der Waals surface area contributed by atoms with Gasteiger partial charge in [-0.25, -0.2) is 8.42 Å². The molecule has 0 aliphatic heterocycles. The molecule has 0 unspecified atom stereocenters. The predicted octanol–water partition coefficient (Wildman–Crippen LogP) is 2.53. The molecule has 0 fully saturated rings. The van der Waals surface area contributed by atoms with E-state index in [2.05, 4.69) is 0 Å². The van der Waals surface area contributed by atoms with E-state index in [4.69, 9.17) is 0 Å². The summed E-state index contributed by atoms with van der Waals surface area (Å²) in [6.45, 7) is 1.85. The fraction of sp³-hybridized carbons (Fsp3) is 0.143. The van der Waals surface area contributed by atoms with Crippen LogP contribution in [-0.2, 0) is 10.0 Å². The zero-order valence-electron chi connectivity index (χ0n) is 10.7. The van der Waals surface area contributed by atoms with E-state index < -0.39 is 10.0 Å². The van der Waals surface area contributed by atoms with Crippen molar-refractivity contribution >= 4 is 15.7 Å². The maximum atomic E-state index is 12.5. The minimum atomic E-state index is -3.66. The highest BCUT2D eigenvalue weighted by atomic mass is 32.2. The second kappa shape index (κ2) is 4.93. The second-order valence-electron chi connectivity index (χ2n) is 4.26. The van der Waals surface area contributed by atoms with Crippen LogP contribution >= 0.6 is 0 Å². The summed E-state index contributed by atoms with van der Waals surface area (Å²) in [6, 6.07) is 12.9. The van der Waals surface area contributed by atoms with Crippen molar-refractivity contribution in [3.05, 3.63) is 54.1 Å². The molecule has 1 N–H and O–H groups in total. The Bertz CT molecular complexity index is 695. The molecular formula is C14H15NO3S. The highest BCUT2D eigenvalue weighted by molar-refractivity contribution is 7.92. The van der Waals surface area contributed by atoms with E-state index >= 15 is 0 Å². The maximum absolute atomic E-state index is 12.5. The predicted molar refractivity (Wildman–Crippen MR) is 74.9 cm³/mol. The van der Waals surface area contributed by atoms with Crippen LogP contribution in [0.2, 0.25) is 0 Å². The Labute approximate surface area is 113 Å². The van der Waals surface area contributed by atoms with Crippen molar-refractivity contribution in [3.63, 3.8) is 0 Å². The van der Waals surface area contributed by atoms with Crippen molar-refractivity contribution in [1.29, 1.82) is 0 Å². The first-order chi connectivity index (χ1) is 8.93. The summed E-state index contributed by atoms with van der Waals surface area (Å²) in [4.78, 5) is 0.0678. The SMILES string of the molecule is Cc1ccccc1N(C)S(=O)(=O)c1cccc(O)c1. The van der Waals surface area contributed by atoms with Crippen LogP contribution in [0.3, 0.4) is 0 Å². The van der Waals surface area contributed by atoms with E-state index in [0.29, 0.717) is 5.69 Å². The standard InChI is InChI=1S/C14H15NO3S/c1-11-6-3-4-9-14(11)15(2)19(17,18)13-8-5-7-12(16)10-13/h3-10,16H,1-2H3. The van der Waals surface area contributed by atoms with Crippen LogP contribution in [0, 0.1) is 6.92 Å². The zero-order chi connectivity index (χ0) is 14.0. The number of rotatable bonds is 3. The topological polar surface area (TPSA) is 57.6 Å². The third kappa shape index (κ3) is 2.56. The van der Waals surface area contributed by atoms with E-state index in [0.717, 1.165) is 5.56 Å². The third-order valence-corrected chi connectivity index (χ3v) is 4.70. The van der Waals surface area contributed by atoms with E-state index in [1.54, 1.807) is 12.1 Å². The molecule has 0 atom stereocenters. The molecule has 5 heteroatoms. The fourth-order valence-electron chi connectivity index (χ4n) is 1.85. The Morgan fingerprint density at radius 3 is 2.37 bits per heavy atom. The van der Waals surface area contributed by atoms with E-state index in [-0.39, 0.29) is 10.6 Å². The number of anilines is 1. The molecule has 100 valence electrons. The maximum Gasteiger partial charge on any atom is 0.264 e. The number of hydrogen-bond acceptors (Lipinski definition) is 3. The van der Waals surface area contributed by atoms with E-state index in [1.807, 2.05) is 19.1 Å². The summed E-state index contributed by atoms with van der Waals surface area (Å²) in [5, 5.41) is 9.40. The van der Waals surface area contributed by atoms with Gasteiger partial charge in [-0.15, -0.1) is 0 Å². The monoisotopic (exact) mass is 277 g/mol. The van der Waals surface area contributed by atoms with Crippen molar-refractivity contribution in [2.75, 3.05) is 11.4 Å². The summed E-state index contributed by atoms with van der Waals surface area (Å²) < 4.78 is 26.1. The largest absolute Gasteiger partial charge is 0.508 e. The first-order valence-corrected chi connectivity index (χ1v) is 7.20. The number of phenolic OH excluding ortho intramolecular Hbond substituents is 1. The molecule has 0 aromatic heterocycles. The first kappa shape index (κ1) is 13.4. The van der Waals surface area contributed by atoms with Gasteiger partial charge in [-0.1, -0.05) is 24.3 Å². The molecule has 19 heavy (non-hydrogen) atoms. The average Bonchev–Trinajstić information content (AvgIpc) is 2.38.